The number of phenols is 2. The van der Waals surface area contributed by atoms with Crippen LogP contribution in [0.5, 0.6) is 11.5 Å². The SMILES string of the molecule is Cc1cc(C2(c3ccc(O)c(C)c3)C(=O)N=C3C=CCCC32)ccc1O. The second kappa shape index (κ2) is 5.84. The predicted molar refractivity (Wildman–Crippen MR) is 101 cm³/mol. The lowest BCUT2D eigenvalue weighted by atomic mass is 9.63. The molecule has 132 valence electrons. The summed E-state index contributed by atoms with van der Waals surface area (Å²) >= 11 is 0. The molecule has 4 nitrogen and oxygen atoms in total. The number of amides is 1. The van der Waals surface area contributed by atoms with Crippen LogP contribution in [0.4, 0.5) is 0 Å². The average Bonchev–Trinajstić information content (AvgIpc) is 2.92. The van der Waals surface area contributed by atoms with Crippen LogP contribution in [0.1, 0.15) is 35.1 Å². The topological polar surface area (TPSA) is 69.9 Å². The summed E-state index contributed by atoms with van der Waals surface area (Å²) in [6.07, 6.45) is 5.74. The van der Waals surface area contributed by atoms with Crippen LogP contribution in [-0.4, -0.2) is 21.8 Å². The number of hydrogen-bond acceptors (Lipinski definition) is 3. The van der Waals surface area contributed by atoms with Gasteiger partial charge in [0.1, 0.15) is 16.9 Å². The van der Waals surface area contributed by atoms with Crippen LogP contribution in [0.15, 0.2) is 53.5 Å². The summed E-state index contributed by atoms with van der Waals surface area (Å²) in [5.41, 5.74) is 3.02. The number of rotatable bonds is 2. The fourth-order valence-corrected chi connectivity index (χ4v) is 4.26. The molecule has 2 N–H and O–H groups in total. The van der Waals surface area contributed by atoms with E-state index in [-0.39, 0.29) is 23.3 Å². The number of aromatic hydroxyl groups is 2. The lowest BCUT2D eigenvalue weighted by molar-refractivity contribution is -0.121. The summed E-state index contributed by atoms with van der Waals surface area (Å²) in [5.74, 6) is 0.189. The van der Waals surface area contributed by atoms with E-state index >= 15 is 0 Å². The average molecular weight is 347 g/mol. The summed E-state index contributed by atoms with van der Waals surface area (Å²) in [4.78, 5) is 17.7. The first-order valence-corrected chi connectivity index (χ1v) is 8.84. The molecule has 4 heteroatoms. The molecule has 1 unspecified atom stereocenters. The Hall–Kier alpha value is -2.88. The standard InChI is InChI=1S/C22H21NO3/c1-13-11-15(7-9-19(13)24)22(16-8-10-20(25)14(2)12-16)17-5-3-4-6-18(17)23-21(22)26/h4,6-12,17,24-25H,3,5H2,1-2H3. The Labute approximate surface area is 152 Å². The summed E-state index contributed by atoms with van der Waals surface area (Å²) in [6.45, 7) is 3.66. The zero-order valence-electron chi connectivity index (χ0n) is 14.9. The maximum atomic E-state index is 13.3. The number of aryl methyl sites for hydroxylation is 2. The van der Waals surface area contributed by atoms with Crippen LogP contribution in [0.3, 0.4) is 0 Å². The number of benzene rings is 2. The number of hydrogen-bond donors (Lipinski definition) is 2. The Kier molecular flexibility index (Phi) is 3.72. The molecule has 0 aromatic heterocycles. The number of nitrogens with zero attached hydrogens (tertiary/aromatic N) is 1. The largest absolute Gasteiger partial charge is 0.508 e. The molecule has 2 aromatic carbocycles. The van der Waals surface area contributed by atoms with Crippen LogP contribution in [-0.2, 0) is 10.2 Å². The molecule has 4 rings (SSSR count). The summed E-state index contributed by atoms with van der Waals surface area (Å²) < 4.78 is 0. The van der Waals surface area contributed by atoms with Gasteiger partial charge in [-0.05, 0) is 67.2 Å². The van der Waals surface area contributed by atoms with Crippen molar-refractivity contribution in [1.29, 1.82) is 0 Å². The molecule has 0 radical (unpaired) electrons. The minimum Gasteiger partial charge on any atom is -0.508 e. The molecule has 1 aliphatic heterocycles. The van der Waals surface area contributed by atoms with Gasteiger partial charge in [0, 0.05) is 11.6 Å². The number of aliphatic imine (C=N–C) groups is 1. The van der Waals surface area contributed by atoms with Gasteiger partial charge in [0.05, 0.1) is 0 Å². The van der Waals surface area contributed by atoms with Gasteiger partial charge in [0.15, 0.2) is 0 Å². The van der Waals surface area contributed by atoms with Gasteiger partial charge in [-0.15, -0.1) is 0 Å². The second-order valence-corrected chi connectivity index (χ2v) is 7.18. The van der Waals surface area contributed by atoms with E-state index in [1.54, 1.807) is 12.1 Å². The highest BCUT2D eigenvalue weighted by Crippen LogP contribution is 2.49. The first-order chi connectivity index (χ1) is 12.4. The normalized spacial score (nSPS) is 20.8. The molecule has 0 saturated heterocycles. The third kappa shape index (κ3) is 2.22. The van der Waals surface area contributed by atoms with Crippen LogP contribution < -0.4 is 0 Å². The number of phenolic OH excluding ortho intramolecular Hbond substituents is 2. The highest BCUT2D eigenvalue weighted by Gasteiger charge is 2.54. The Morgan fingerprint density at radius 2 is 1.58 bits per heavy atom. The third-order valence-electron chi connectivity index (χ3n) is 5.66. The molecule has 1 aliphatic carbocycles. The zero-order chi connectivity index (χ0) is 18.5. The van der Waals surface area contributed by atoms with Crippen molar-refractivity contribution >= 4 is 11.6 Å². The van der Waals surface area contributed by atoms with E-state index in [2.05, 4.69) is 11.1 Å². The lowest BCUT2D eigenvalue weighted by Gasteiger charge is -2.36. The van der Waals surface area contributed by atoms with Gasteiger partial charge in [-0.2, -0.15) is 0 Å². The molecule has 0 bridgehead atoms. The Morgan fingerprint density at radius 3 is 2.12 bits per heavy atom. The van der Waals surface area contributed by atoms with E-state index in [1.165, 1.54) is 0 Å². The molecule has 1 heterocycles. The van der Waals surface area contributed by atoms with Crippen molar-refractivity contribution in [3.63, 3.8) is 0 Å². The van der Waals surface area contributed by atoms with Crippen LogP contribution in [0, 0.1) is 19.8 Å². The fourth-order valence-electron chi connectivity index (χ4n) is 4.26. The van der Waals surface area contributed by atoms with Gasteiger partial charge < -0.3 is 10.2 Å². The molecular weight excluding hydrogens is 326 g/mol. The molecule has 0 spiro atoms. The summed E-state index contributed by atoms with van der Waals surface area (Å²) in [5, 5.41) is 19.9. The molecule has 1 amide bonds. The minimum atomic E-state index is -0.920. The lowest BCUT2D eigenvalue weighted by Crippen LogP contribution is -2.42. The molecule has 2 aromatic rings. The minimum absolute atomic E-state index is 0.0483. The van der Waals surface area contributed by atoms with Crippen molar-refractivity contribution in [2.75, 3.05) is 0 Å². The van der Waals surface area contributed by atoms with Crippen molar-refractivity contribution in [2.45, 2.75) is 32.1 Å². The fraction of sp³-hybridized carbons (Fsp3) is 0.273. The van der Waals surface area contributed by atoms with Gasteiger partial charge in [-0.1, -0.05) is 30.3 Å². The zero-order valence-corrected chi connectivity index (χ0v) is 14.9. The Balaban J connectivity index is 2.01. The van der Waals surface area contributed by atoms with Crippen LogP contribution >= 0.6 is 0 Å². The monoisotopic (exact) mass is 347 g/mol. The third-order valence-corrected chi connectivity index (χ3v) is 5.66. The summed E-state index contributed by atoms with van der Waals surface area (Å²) in [6, 6.07) is 10.7. The maximum absolute atomic E-state index is 13.3. The van der Waals surface area contributed by atoms with Crippen molar-refractivity contribution in [3.05, 3.63) is 70.8 Å². The van der Waals surface area contributed by atoms with Gasteiger partial charge >= 0.3 is 0 Å². The van der Waals surface area contributed by atoms with E-state index in [4.69, 9.17) is 0 Å². The molecule has 0 saturated carbocycles. The van der Waals surface area contributed by atoms with Crippen LogP contribution in [0.2, 0.25) is 0 Å². The summed E-state index contributed by atoms with van der Waals surface area (Å²) in [7, 11) is 0. The number of fused-ring (bicyclic) bond motifs is 1. The second-order valence-electron chi connectivity index (χ2n) is 7.18. The molecule has 26 heavy (non-hydrogen) atoms. The van der Waals surface area contributed by atoms with Gasteiger partial charge in [-0.3, -0.25) is 4.79 Å². The van der Waals surface area contributed by atoms with E-state index in [0.717, 1.165) is 40.8 Å². The highest BCUT2D eigenvalue weighted by molar-refractivity contribution is 6.16. The molecule has 2 aliphatic rings. The Morgan fingerprint density at radius 1 is 1.00 bits per heavy atom. The number of carbonyl (C=O) groups is 1. The van der Waals surface area contributed by atoms with E-state index in [0.29, 0.717) is 0 Å². The predicted octanol–water partition coefficient (Wildman–Crippen LogP) is 3.95. The number of allylic oxidation sites excluding steroid dienone is 2. The van der Waals surface area contributed by atoms with E-state index in [1.807, 2.05) is 44.2 Å². The van der Waals surface area contributed by atoms with Gasteiger partial charge in [0.2, 0.25) is 0 Å². The van der Waals surface area contributed by atoms with Crippen molar-refractivity contribution in [3.8, 4) is 11.5 Å². The number of carbonyl (C=O) groups excluding carboxylic acids is 1. The van der Waals surface area contributed by atoms with E-state index in [9.17, 15) is 15.0 Å². The van der Waals surface area contributed by atoms with Crippen molar-refractivity contribution in [1.82, 2.24) is 0 Å². The van der Waals surface area contributed by atoms with Crippen molar-refractivity contribution in [2.24, 2.45) is 10.9 Å². The first kappa shape index (κ1) is 16.6. The van der Waals surface area contributed by atoms with Crippen LogP contribution in [0.25, 0.3) is 0 Å². The van der Waals surface area contributed by atoms with E-state index < -0.39 is 5.41 Å². The highest BCUT2D eigenvalue weighted by atomic mass is 16.3. The smallest absolute Gasteiger partial charge is 0.261 e. The van der Waals surface area contributed by atoms with Gasteiger partial charge in [-0.25, -0.2) is 4.99 Å². The first-order valence-electron chi connectivity index (χ1n) is 8.84. The Bertz CT molecular complexity index is 920. The van der Waals surface area contributed by atoms with Crippen molar-refractivity contribution < 1.29 is 15.0 Å². The molecule has 1 atom stereocenters. The van der Waals surface area contributed by atoms with Gasteiger partial charge in [0.25, 0.3) is 5.91 Å². The quantitative estimate of drug-likeness (QED) is 0.864. The molecular formula is C22H21NO3. The maximum Gasteiger partial charge on any atom is 0.261 e. The molecule has 0 fully saturated rings.